The fourth-order valence-corrected chi connectivity index (χ4v) is 3.71. The number of hydrogen-bond donors (Lipinski definition) is 1. The molecule has 6 heteroatoms. The highest BCUT2D eigenvalue weighted by molar-refractivity contribution is 5.83. The molecule has 1 saturated heterocycles. The summed E-state index contributed by atoms with van der Waals surface area (Å²) >= 11 is 0. The number of amides is 1. The van der Waals surface area contributed by atoms with Crippen LogP contribution in [-0.4, -0.2) is 39.9 Å². The van der Waals surface area contributed by atoms with Crippen molar-refractivity contribution >= 4 is 12.1 Å². The van der Waals surface area contributed by atoms with Crippen molar-refractivity contribution in [1.82, 2.24) is 4.90 Å². The molecule has 27 heavy (non-hydrogen) atoms. The lowest BCUT2D eigenvalue weighted by molar-refractivity contribution is -0.152. The van der Waals surface area contributed by atoms with Crippen molar-refractivity contribution in [2.24, 2.45) is 5.41 Å². The Bertz CT molecular complexity index is 714. The lowest BCUT2D eigenvalue weighted by Crippen LogP contribution is -2.49. The molecule has 146 valence electrons. The zero-order valence-electron chi connectivity index (χ0n) is 16.1. The van der Waals surface area contributed by atoms with Gasteiger partial charge in [0.2, 0.25) is 0 Å². The predicted octanol–water partition coefficient (Wildman–Crippen LogP) is 3.39. The van der Waals surface area contributed by atoms with Crippen LogP contribution in [0.4, 0.5) is 4.79 Å². The third kappa shape index (κ3) is 4.16. The first-order chi connectivity index (χ1) is 12.7. The minimum absolute atomic E-state index is 0.125. The second-order valence-electron chi connectivity index (χ2n) is 8.32. The maximum absolute atomic E-state index is 12.8. The first-order valence-electron chi connectivity index (χ1n) is 9.27. The molecule has 1 fully saturated rings. The summed E-state index contributed by atoms with van der Waals surface area (Å²) in [5.41, 5.74) is -0.405. The zero-order chi connectivity index (χ0) is 19.7. The molecule has 1 unspecified atom stereocenters. The summed E-state index contributed by atoms with van der Waals surface area (Å²) in [6.07, 6.45) is 3.78. The largest absolute Gasteiger partial charge is 0.459 e. The van der Waals surface area contributed by atoms with Crippen molar-refractivity contribution in [2.75, 3.05) is 0 Å². The maximum atomic E-state index is 12.8. The van der Waals surface area contributed by atoms with E-state index in [9.17, 15) is 14.7 Å². The van der Waals surface area contributed by atoms with Crippen LogP contribution in [-0.2, 0) is 20.9 Å². The monoisotopic (exact) mass is 373 g/mol. The molecule has 1 heterocycles. The molecular weight excluding hydrogens is 346 g/mol. The summed E-state index contributed by atoms with van der Waals surface area (Å²) in [5, 5.41) is 10.9. The highest BCUT2D eigenvalue weighted by Gasteiger charge is 2.57. The fourth-order valence-electron chi connectivity index (χ4n) is 3.71. The summed E-state index contributed by atoms with van der Waals surface area (Å²) in [6.45, 7) is 5.38. The number of hydrogen-bond acceptors (Lipinski definition) is 5. The number of aliphatic hydroxyl groups is 1. The van der Waals surface area contributed by atoms with E-state index in [0.29, 0.717) is 19.3 Å². The van der Waals surface area contributed by atoms with E-state index in [-0.39, 0.29) is 6.61 Å². The first-order valence-corrected chi connectivity index (χ1v) is 9.27. The van der Waals surface area contributed by atoms with E-state index in [4.69, 9.17) is 9.47 Å². The highest BCUT2D eigenvalue weighted by Crippen LogP contribution is 2.49. The van der Waals surface area contributed by atoms with Crippen LogP contribution in [0.1, 0.15) is 45.6 Å². The van der Waals surface area contributed by atoms with Gasteiger partial charge in [0.05, 0.1) is 0 Å². The normalized spacial score (nSPS) is 23.6. The van der Waals surface area contributed by atoms with Gasteiger partial charge in [-0.15, -0.1) is 0 Å². The van der Waals surface area contributed by atoms with Gasteiger partial charge in [0.1, 0.15) is 24.5 Å². The fraction of sp³-hybridized carbons (Fsp3) is 0.524. The Labute approximate surface area is 159 Å². The quantitative estimate of drug-likeness (QED) is 0.649. The van der Waals surface area contributed by atoms with Gasteiger partial charge >= 0.3 is 12.1 Å². The number of ether oxygens (including phenoxy) is 2. The topological polar surface area (TPSA) is 76.1 Å². The second kappa shape index (κ2) is 7.35. The van der Waals surface area contributed by atoms with Crippen molar-refractivity contribution in [3.05, 3.63) is 48.0 Å². The molecule has 1 amide bonds. The molecular formula is C21H27NO5. The number of rotatable bonds is 3. The van der Waals surface area contributed by atoms with Crippen molar-refractivity contribution in [3.8, 4) is 0 Å². The lowest BCUT2D eigenvalue weighted by Gasteiger charge is -2.32. The average molecular weight is 373 g/mol. The number of allylic oxidation sites excluding steroid dienone is 2. The number of nitrogens with zero attached hydrogens (tertiary/aromatic N) is 1. The summed E-state index contributed by atoms with van der Waals surface area (Å²) in [5.74, 6) is -0.521. The minimum atomic E-state index is -1.09. The summed E-state index contributed by atoms with van der Waals surface area (Å²) in [7, 11) is 0. The molecule has 1 aromatic rings. The third-order valence-electron chi connectivity index (χ3n) is 5.06. The second-order valence-corrected chi connectivity index (χ2v) is 8.32. The average Bonchev–Trinajstić information content (AvgIpc) is 3.18. The number of esters is 1. The van der Waals surface area contributed by atoms with E-state index in [0.717, 1.165) is 10.5 Å². The van der Waals surface area contributed by atoms with E-state index in [1.54, 1.807) is 20.8 Å². The highest BCUT2D eigenvalue weighted by atomic mass is 16.6. The van der Waals surface area contributed by atoms with Gasteiger partial charge < -0.3 is 14.6 Å². The van der Waals surface area contributed by atoms with Gasteiger partial charge in [-0.2, -0.15) is 0 Å². The van der Waals surface area contributed by atoms with Gasteiger partial charge in [-0.05, 0) is 45.6 Å². The van der Waals surface area contributed by atoms with Crippen LogP contribution < -0.4 is 0 Å². The van der Waals surface area contributed by atoms with Gasteiger partial charge in [0, 0.05) is 5.41 Å². The Hall–Kier alpha value is -2.34. The standard InChI is InChI=1S/C21H27NO5/c1-20(2,3)27-19(25)22-16(13-21(18(22)24)11-7-8-12-21)17(23)26-14-15-9-5-4-6-10-15/h4-10,16,18,24H,11-14H2,1-3H3/t16-,18?/m0/s1. The zero-order valence-corrected chi connectivity index (χ0v) is 16.1. The van der Waals surface area contributed by atoms with Crippen LogP contribution in [0.5, 0.6) is 0 Å². The molecule has 1 aliphatic carbocycles. The molecule has 6 nitrogen and oxygen atoms in total. The van der Waals surface area contributed by atoms with Crippen molar-refractivity contribution in [1.29, 1.82) is 0 Å². The van der Waals surface area contributed by atoms with Gasteiger partial charge in [-0.1, -0.05) is 42.5 Å². The molecule has 0 radical (unpaired) electrons. The van der Waals surface area contributed by atoms with Crippen LogP contribution in [0, 0.1) is 5.41 Å². The Morgan fingerprint density at radius 1 is 1.19 bits per heavy atom. The summed E-state index contributed by atoms with van der Waals surface area (Å²) < 4.78 is 10.9. The number of aliphatic hydroxyl groups excluding tert-OH is 1. The molecule has 1 aromatic carbocycles. The van der Waals surface area contributed by atoms with Crippen molar-refractivity contribution in [2.45, 2.75) is 64.5 Å². The molecule has 2 aliphatic rings. The number of carbonyl (C=O) groups is 2. The molecule has 1 N–H and O–H groups in total. The van der Waals surface area contributed by atoms with Gasteiger partial charge in [0.15, 0.2) is 0 Å². The molecule has 3 rings (SSSR count). The minimum Gasteiger partial charge on any atom is -0.459 e. The number of carbonyl (C=O) groups excluding carboxylic acids is 2. The Balaban J connectivity index is 1.77. The third-order valence-corrected chi connectivity index (χ3v) is 5.06. The lowest BCUT2D eigenvalue weighted by atomic mass is 9.81. The van der Waals surface area contributed by atoms with Gasteiger partial charge in [0.25, 0.3) is 0 Å². The molecule has 0 aromatic heterocycles. The molecule has 0 bridgehead atoms. The van der Waals surface area contributed by atoms with E-state index in [1.807, 2.05) is 42.5 Å². The molecule has 0 saturated carbocycles. The number of likely N-dealkylation sites (tertiary alicyclic amines) is 1. The van der Waals surface area contributed by atoms with Crippen LogP contribution in [0.3, 0.4) is 0 Å². The van der Waals surface area contributed by atoms with Crippen LogP contribution in [0.15, 0.2) is 42.5 Å². The van der Waals surface area contributed by atoms with Crippen molar-refractivity contribution in [3.63, 3.8) is 0 Å². The van der Waals surface area contributed by atoms with Crippen LogP contribution in [0.2, 0.25) is 0 Å². The number of benzene rings is 1. The van der Waals surface area contributed by atoms with Crippen LogP contribution in [0.25, 0.3) is 0 Å². The molecule has 2 atom stereocenters. The molecule has 1 spiro atoms. The smallest absolute Gasteiger partial charge is 0.413 e. The Morgan fingerprint density at radius 3 is 2.41 bits per heavy atom. The summed E-state index contributed by atoms with van der Waals surface area (Å²) in [4.78, 5) is 26.7. The summed E-state index contributed by atoms with van der Waals surface area (Å²) in [6, 6.07) is 8.50. The van der Waals surface area contributed by atoms with Crippen LogP contribution >= 0.6 is 0 Å². The van der Waals surface area contributed by atoms with E-state index in [2.05, 4.69) is 0 Å². The van der Waals surface area contributed by atoms with E-state index >= 15 is 0 Å². The van der Waals surface area contributed by atoms with Gasteiger partial charge in [-0.25, -0.2) is 9.59 Å². The Morgan fingerprint density at radius 2 is 1.81 bits per heavy atom. The Kier molecular flexibility index (Phi) is 5.29. The molecule has 1 aliphatic heterocycles. The maximum Gasteiger partial charge on any atom is 0.413 e. The SMILES string of the molecule is CC(C)(C)OC(=O)N1C(O)C2(CC=CC2)C[C@H]1C(=O)OCc1ccccc1. The van der Waals surface area contributed by atoms with E-state index in [1.165, 1.54) is 0 Å². The predicted molar refractivity (Wildman–Crippen MR) is 99.5 cm³/mol. The van der Waals surface area contributed by atoms with Gasteiger partial charge in [-0.3, -0.25) is 4.90 Å². The first kappa shape index (κ1) is 19.4. The van der Waals surface area contributed by atoms with E-state index < -0.39 is 35.3 Å². The van der Waals surface area contributed by atoms with Crippen molar-refractivity contribution < 1.29 is 24.2 Å².